The predicted octanol–water partition coefficient (Wildman–Crippen LogP) is 2.21. The molecule has 2 unspecified atom stereocenters. The lowest BCUT2D eigenvalue weighted by Crippen LogP contribution is -2.44. The summed E-state index contributed by atoms with van der Waals surface area (Å²) in [6.45, 7) is 7.34. The van der Waals surface area contributed by atoms with E-state index in [1.807, 2.05) is 6.07 Å². The molecule has 0 radical (unpaired) electrons. The first-order valence-corrected chi connectivity index (χ1v) is 7.53. The third-order valence-corrected chi connectivity index (χ3v) is 4.00. The van der Waals surface area contributed by atoms with Crippen LogP contribution in [0.2, 0.25) is 5.02 Å². The molecule has 0 amide bonds. The van der Waals surface area contributed by atoms with Gasteiger partial charge in [0.25, 0.3) is 0 Å². The fraction of sp³-hybridized carbons (Fsp3) is 0.600. The van der Waals surface area contributed by atoms with Crippen LogP contribution in [0.25, 0.3) is 0 Å². The minimum atomic E-state index is -0.108. The van der Waals surface area contributed by atoms with Gasteiger partial charge in [0, 0.05) is 29.8 Å². The van der Waals surface area contributed by atoms with Crippen LogP contribution in [0.5, 0.6) is 0 Å². The van der Waals surface area contributed by atoms with Crippen LogP contribution in [0.4, 0.5) is 5.69 Å². The molecule has 4 nitrogen and oxygen atoms in total. The standard InChI is InChI=1S/C15H23ClN2O2/c1-3-17-11(2)14-5-4-12(8-15(14)16)18-6-7-20-13(9-18)10-19/h4-5,8,11,13,17,19H,3,6-7,9-10H2,1-2H3. The van der Waals surface area contributed by atoms with Crippen molar-refractivity contribution in [3.8, 4) is 0 Å². The second kappa shape index (κ2) is 7.27. The number of aliphatic hydroxyl groups is 1. The molecule has 1 heterocycles. The largest absolute Gasteiger partial charge is 0.394 e. The van der Waals surface area contributed by atoms with Crippen molar-refractivity contribution < 1.29 is 9.84 Å². The molecular formula is C15H23ClN2O2. The van der Waals surface area contributed by atoms with Gasteiger partial charge in [-0.2, -0.15) is 0 Å². The van der Waals surface area contributed by atoms with Gasteiger partial charge < -0.3 is 20.1 Å². The molecule has 1 fully saturated rings. The van der Waals surface area contributed by atoms with Gasteiger partial charge >= 0.3 is 0 Å². The van der Waals surface area contributed by atoms with E-state index in [1.165, 1.54) is 0 Å². The zero-order chi connectivity index (χ0) is 14.5. The van der Waals surface area contributed by atoms with Crippen LogP contribution >= 0.6 is 11.6 Å². The van der Waals surface area contributed by atoms with Gasteiger partial charge in [-0.3, -0.25) is 0 Å². The van der Waals surface area contributed by atoms with Crippen molar-refractivity contribution in [3.63, 3.8) is 0 Å². The maximum absolute atomic E-state index is 9.20. The highest BCUT2D eigenvalue weighted by Gasteiger charge is 2.20. The highest BCUT2D eigenvalue weighted by molar-refractivity contribution is 6.31. The van der Waals surface area contributed by atoms with Crippen LogP contribution < -0.4 is 10.2 Å². The lowest BCUT2D eigenvalue weighted by Gasteiger charge is -2.34. The summed E-state index contributed by atoms with van der Waals surface area (Å²) in [5, 5.41) is 13.3. The SMILES string of the molecule is CCNC(C)c1ccc(N2CCOC(CO)C2)cc1Cl. The maximum Gasteiger partial charge on any atom is 0.0980 e. The lowest BCUT2D eigenvalue weighted by atomic mass is 10.1. The maximum atomic E-state index is 9.20. The minimum absolute atomic E-state index is 0.0553. The lowest BCUT2D eigenvalue weighted by molar-refractivity contribution is 0.00357. The van der Waals surface area contributed by atoms with E-state index in [-0.39, 0.29) is 18.8 Å². The first-order chi connectivity index (χ1) is 9.65. The van der Waals surface area contributed by atoms with Crippen LogP contribution in [0.3, 0.4) is 0 Å². The van der Waals surface area contributed by atoms with Gasteiger partial charge in [0.2, 0.25) is 0 Å². The number of morpholine rings is 1. The van der Waals surface area contributed by atoms with Crippen LogP contribution in [-0.2, 0) is 4.74 Å². The highest BCUT2D eigenvalue weighted by Crippen LogP contribution is 2.28. The summed E-state index contributed by atoms with van der Waals surface area (Å²) in [7, 11) is 0. The molecule has 2 atom stereocenters. The van der Waals surface area contributed by atoms with E-state index >= 15 is 0 Å². The Morgan fingerprint density at radius 3 is 3.00 bits per heavy atom. The average Bonchev–Trinajstić information content (AvgIpc) is 2.47. The molecular weight excluding hydrogens is 276 g/mol. The molecule has 1 aliphatic rings. The number of rotatable bonds is 5. The molecule has 112 valence electrons. The Kier molecular flexibility index (Phi) is 5.66. The summed E-state index contributed by atoms with van der Waals surface area (Å²) in [4.78, 5) is 2.21. The molecule has 1 aromatic carbocycles. The fourth-order valence-corrected chi connectivity index (χ4v) is 2.88. The van der Waals surface area contributed by atoms with Crippen molar-refractivity contribution in [2.75, 3.05) is 37.7 Å². The van der Waals surface area contributed by atoms with E-state index in [1.54, 1.807) is 0 Å². The van der Waals surface area contributed by atoms with Gasteiger partial charge in [-0.25, -0.2) is 0 Å². The van der Waals surface area contributed by atoms with Gasteiger partial charge in [-0.05, 0) is 31.2 Å². The molecule has 5 heteroatoms. The monoisotopic (exact) mass is 298 g/mol. The zero-order valence-electron chi connectivity index (χ0n) is 12.1. The Morgan fingerprint density at radius 2 is 2.35 bits per heavy atom. The number of aliphatic hydroxyl groups excluding tert-OH is 1. The molecule has 0 aliphatic carbocycles. The number of ether oxygens (including phenoxy) is 1. The average molecular weight is 299 g/mol. The molecule has 1 aliphatic heterocycles. The molecule has 20 heavy (non-hydrogen) atoms. The van der Waals surface area contributed by atoms with Gasteiger partial charge in [-0.1, -0.05) is 24.6 Å². The van der Waals surface area contributed by atoms with Gasteiger partial charge in [0.05, 0.1) is 19.3 Å². The number of hydrogen-bond acceptors (Lipinski definition) is 4. The molecule has 0 saturated carbocycles. The Morgan fingerprint density at radius 1 is 1.55 bits per heavy atom. The van der Waals surface area contributed by atoms with Crippen molar-refractivity contribution in [2.24, 2.45) is 0 Å². The summed E-state index contributed by atoms with van der Waals surface area (Å²) in [5.41, 5.74) is 2.20. The number of benzene rings is 1. The zero-order valence-corrected chi connectivity index (χ0v) is 12.9. The molecule has 0 bridgehead atoms. The Balaban J connectivity index is 2.12. The van der Waals surface area contributed by atoms with Crippen LogP contribution in [0, 0.1) is 0 Å². The molecule has 2 rings (SSSR count). The molecule has 0 spiro atoms. The van der Waals surface area contributed by atoms with E-state index in [0.29, 0.717) is 13.2 Å². The highest BCUT2D eigenvalue weighted by atomic mass is 35.5. The first-order valence-electron chi connectivity index (χ1n) is 7.16. The third-order valence-electron chi connectivity index (χ3n) is 3.67. The van der Waals surface area contributed by atoms with Crippen molar-refractivity contribution in [1.82, 2.24) is 5.32 Å². The van der Waals surface area contributed by atoms with Gasteiger partial charge in [-0.15, -0.1) is 0 Å². The molecule has 0 aromatic heterocycles. The molecule has 1 saturated heterocycles. The number of hydrogen-bond donors (Lipinski definition) is 2. The van der Waals surface area contributed by atoms with E-state index in [9.17, 15) is 5.11 Å². The van der Waals surface area contributed by atoms with Gasteiger partial charge in [0.15, 0.2) is 0 Å². The van der Waals surface area contributed by atoms with E-state index in [2.05, 4.69) is 36.2 Å². The Labute approximate surface area is 125 Å². The molecule has 2 N–H and O–H groups in total. The molecule has 1 aromatic rings. The van der Waals surface area contributed by atoms with E-state index < -0.39 is 0 Å². The normalized spacial score (nSPS) is 21.0. The second-order valence-corrected chi connectivity index (χ2v) is 5.51. The third kappa shape index (κ3) is 3.64. The minimum Gasteiger partial charge on any atom is -0.394 e. The second-order valence-electron chi connectivity index (χ2n) is 5.11. The topological polar surface area (TPSA) is 44.7 Å². The number of halogens is 1. The fourth-order valence-electron chi connectivity index (χ4n) is 2.54. The summed E-state index contributed by atoms with van der Waals surface area (Å²) in [5.74, 6) is 0. The van der Waals surface area contributed by atoms with Gasteiger partial charge in [0.1, 0.15) is 0 Å². The predicted molar refractivity (Wildman–Crippen MR) is 82.6 cm³/mol. The number of anilines is 1. The van der Waals surface area contributed by atoms with Crippen molar-refractivity contribution in [3.05, 3.63) is 28.8 Å². The number of nitrogens with one attached hydrogen (secondary N) is 1. The Hall–Kier alpha value is -0.810. The van der Waals surface area contributed by atoms with Crippen LogP contribution in [0.15, 0.2) is 18.2 Å². The van der Waals surface area contributed by atoms with Crippen LogP contribution in [0.1, 0.15) is 25.5 Å². The summed E-state index contributed by atoms with van der Waals surface area (Å²) >= 11 is 6.40. The quantitative estimate of drug-likeness (QED) is 0.875. The van der Waals surface area contributed by atoms with E-state index in [4.69, 9.17) is 16.3 Å². The smallest absolute Gasteiger partial charge is 0.0980 e. The summed E-state index contributed by atoms with van der Waals surface area (Å²) in [6, 6.07) is 6.42. The summed E-state index contributed by atoms with van der Waals surface area (Å²) in [6.07, 6.45) is -0.108. The van der Waals surface area contributed by atoms with Crippen molar-refractivity contribution in [2.45, 2.75) is 26.0 Å². The Bertz CT molecular complexity index is 442. The van der Waals surface area contributed by atoms with Crippen LogP contribution in [-0.4, -0.2) is 44.1 Å². The summed E-state index contributed by atoms with van der Waals surface area (Å²) < 4.78 is 5.47. The van der Waals surface area contributed by atoms with Crippen molar-refractivity contribution in [1.29, 1.82) is 0 Å². The number of nitrogens with zero attached hydrogens (tertiary/aromatic N) is 1. The first kappa shape index (κ1) is 15.6. The van der Waals surface area contributed by atoms with Crippen molar-refractivity contribution >= 4 is 17.3 Å². The van der Waals surface area contributed by atoms with E-state index in [0.717, 1.165) is 29.4 Å².